The third kappa shape index (κ3) is 0.697. The first-order chi connectivity index (χ1) is 6.65. The van der Waals surface area contributed by atoms with E-state index in [4.69, 9.17) is 0 Å². The van der Waals surface area contributed by atoms with Crippen LogP contribution in [0.3, 0.4) is 0 Å². The molecule has 0 aromatic heterocycles. The molecule has 1 heterocycles. The van der Waals surface area contributed by atoms with Gasteiger partial charge in [0.2, 0.25) is 5.91 Å². The molecule has 2 aliphatic rings. The molecule has 1 aliphatic carbocycles. The van der Waals surface area contributed by atoms with Gasteiger partial charge in [-0.1, -0.05) is 0 Å². The number of halogens is 1. The van der Waals surface area contributed by atoms with Crippen LogP contribution in [-0.4, -0.2) is 11.0 Å². The lowest BCUT2D eigenvalue weighted by molar-refractivity contribution is -0.117. The Kier molecular flexibility index (Phi) is 1.16. The number of rotatable bonds is 0. The largest absolute Gasteiger partial charge is 0.508 e. The highest BCUT2D eigenvalue weighted by atomic mass is 19.1. The topological polar surface area (TPSA) is 49.3 Å². The molecule has 0 bridgehead atoms. The Morgan fingerprint density at radius 2 is 2.14 bits per heavy atom. The number of nitrogens with one attached hydrogen (secondary N) is 1. The molecular formula is C10H8FNO2. The number of aromatic hydroxyl groups is 1. The Morgan fingerprint density at radius 1 is 1.43 bits per heavy atom. The third-order valence-electron chi connectivity index (χ3n) is 3.03. The van der Waals surface area contributed by atoms with Crippen molar-refractivity contribution in [2.75, 3.05) is 5.32 Å². The summed E-state index contributed by atoms with van der Waals surface area (Å²) in [6, 6.07) is 2.46. The van der Waals surface area contributed by atoms with Crippen LogP contribution in [0.1, 0.15) is 18.4 Å². The molecule has 1 spiro atoms. The van der Waals surface area contributed by atoms with Gasteiger partial charge >= 0.3 is 0 Å². The first-order valence-corrected chi connectivity index (χ1v) is 4.48. The van der Waals surface area contributed by atoms with Crippen LogP contribution in [0.2, 0.25) is 0 Å². The monoisotopic (exact) mass is 193 g/mol. The zero-order chi connectivity index (χ0) is 9.92. The highest BCUT2D eigenvalue weighted by Crippen LogP contribution is 2.58. The maximum absolute atomic E-state index is 13.3. The Hall–Kier alpha value is -1.58. The molecule has 1 aromatic rings. The van der Waals surface area contributed by atoms with Crippen LogP contribution in [0, 0.1) is 5.82 Å². The molecular weight excluding hydrogens is 185 g/mol. The highest BCUT2D eigenvalue weighted by Gasteiger charge is 2.58. The maximum atomic E-state index is 13.3. The van der Waals surface area contributed by atoms with Crippen molar-refractivity contribution in [3.8, 4) is 5.75 Å². The summed E-state index contributed by atoms with van der Waals surface area (Å²) in [5.41, 5.74) is -0.0170. The van der Waals surface area contributed by atoms with E-state index in [9.17, 15) is 14.3 Å². The normalized spacial score (nSPS) is 20.8. The fourth-order valence-electron chi connectivity index (χ4n) is 2.12. The van der Waals surface area contributed by atoms with Crippen LogP contribution in [-0.2, 0) is 10.2 Å². The smallest absolute Gasteiger partial charge is 0.235 e. The van der Waals surface area contributed by atoms with E-state index in [2.05, 4.69) is 5.32 Å². The fourth-order valence-corrected chi connectivity index (χ4v) is 2.12. The summed E-state index contributed by atoms with van der Waals surface area (Å²) in [4.78, 5) is 11.5. The molecule has 1 saturated carbocycles. The van der Waals surface area contributed by atoms with Crippen molar-refractivity contribution in [3.63, 3.8) is 0 Å². The number of hydrogen-bond donors (Lipinski definition) is 2. The van der Waals surface area contributed by atoms with Crippen molar-refractivity contribution in [2.24, 2.45) is 0 Å². The second kappa shape index (κ2) is 2.08. The molecule has 0 unspecified atom stereocenters. The van der Waals surface area contributed by atoms with Gasteiger partial charge in [0.1, 0.15) is 11.6 Å². The molecule has 14 heavy (non-hydrogen) atoms. The maximum Gasteiger partial charge on any atom is 0.235 e. The molecule has 0 radical (unpaired) electrons. The van der Waals surface area contributed by atoms with Crippen molar-refractivity contribution >= 4 is 11.6 Å². The van der Waals surface area contributed by atoms with Crippen LogP contribution < -0.4 is 5.32 Å². The number of fused-ring (bicyclic) bond motifs is 2. The van der Waals surface area contributed by atoms with Gasteiger partial charge in [0.15, 0.2) is 0 Å². The van der Waals surface area contributed by atoms with Crippen LogP contribution in [0.4, 0.5) is 10.1 Å². The SMILES string of the molecule is O=C1Nc2c(F)ccc(O)c2C12CC2. The predicted octanol–water partition coefficient (Wildman–Crippen LogP) is 1.51. The van der Waals surface area contributed by atoms with E-state index in [1.807, 2.05) is 0 Å². The Balaban J connectivity index is 2.32. The lowest BCUT2D eigenvalue weighted by atomic mass is 9.97. The number of phenolic OH excluding ortho intramolecular Hbond substituents is 1. The molecule has 0 atom stereocenters. The summed E-state index contributed by atoms with van der Waals surface area (Å²) in [6.45, 7) is 0. The van der Waals surface area contributed by atoms with Crippen molar-refractivity contribution in [2.45, 2.75) is 18.3 Å². The Bertz CT molecular complexity index is 452. The number of amides is 1. The van der Waals surface area contributed by atoms with Gasteiger partial charge < -0.3 is 10.4 Å². The highest BCUT2D eigenvalue weighted by molar-refractivity contribution is 6.09. The summed E-state index contributed by atoms with van der Waals surface area (Å²) in [7, 11) is 0. The Labute approximate surface area is 79.6 Å². The minimum absolute atomic E-state index is 0.0113. The summed E-state index contributed by atoms with van der Waals surface area (Å²) < 4.78 is 13.3. The van der Waals surface area contributed by atoms with E-state index in [1.54, 1.807) is 0 Å². The van der Waals surface area contributed by atoms with E-state index >= 15 is 0 Å². The first kappa shape index (κ1) is 7.79. The summed E-state index contributed by atoms with van der Waals surface area (Å²) in [6.07, 6.45) is 1.39. The molecule has 72 valence electrons. The van der Waals surface area contributed by atoms with E-state index in [0.29, 0.717) is 18.4 Å². The Morgan fingerprint density at radius 3 is 2.79 bits per heavy atom. The number of phenols is 1. The van der Waals surface area contributed by atoms with Crippen molar-refractivity contribution in [1.82, 2.24) is 0 Å². The van der Waals surface area contributed by atoms with Gasteiger partial charge in [-0.25, -0.2) is 4.39 Å². The lowest BCUT2D eigenvalue weighted by Gasteiger charge is -2.06. The van der Waals surface area contributed by atoms with Gasteiger partial charge in [0, 0.05) is 5.56 Å². The van der Waals surface area contributed by atoms with Crippen molar-refractivity contribution < 1.29 is 14.3 Å². The molecule has 0 saturated heterocycles. The number of benzene rings is 1. The molecule has 4 heteroatoms. The molecule has 3 nitrogen and oxygen atoms in total. The molecule has 1 aromatic carbocycles. The number of anilines is 1. The van der Waals surface area contributed by atoms with Gasteiger partial charge in [-0.05, 0) is 25.0 Å². The summed E-state index contributed by atoms with van der Waals surface area (Å²) in [5, 5.41) is 12.1. The van der Waals surface area contributed by atoms with Gasteiger partial charge in [0.05, 0.1) is 11.1 Å². The second-order valence-corrected chi connectivity index (χ2v) is 3.85. The third-order valence-corrected chi connectivity index (χ3v) is 3.03. The standard InChI is InChI=1S/C10H8FNO2/c11-5-1-2-6(13)7-8(5)12-9(14)10(7)3-4-10/h1-2,13H,3-4H2,(H,12,14). The van der Waals surface area contributed by atoms with Gasteiger partial charge in [-0.15, -0.1) is 0 Å². The predicted molar refractivity (Wildman–Crippen MR) is 47.6 cm³/mol. The number of carbonyl (C=O) groups excluding carboxylic acids is 1. The second-order valence-electron chi connectivity index (χ2n) is 3.85. The zero-order valence-electron chi connectivity index (χ0n) is 7.30. The zero-order valence-corrected chi connectivity index (χ0v) is 7.30. The summed E-state index contributed by atoms with van der Waals surface area (Å²) >= 11 is 0. The quantitative estimate of drug-likeness (QED) is 0.656. The fraction of sp³-hybridized carbons (Fsp3) is 0.300. The number of hydrogen-bond acceptors (Lipinski definition) is 2. The van der Waals surface area contributed by atoms with Crippen LogP contribution in [0.5, 0.6) is 5.75 Å². The van der Waals surface area contributed by atoms with Crippen molar-refractivity contribution in [1.29, 1.82) is 0 Å². The average Bonchev–Trinajstić information content (AvgIpc) is 2.86. The van der Waals surface area contributed by atoms with Crippen LogP contribution >= 0.6 is 0 Å². The summed E-state index contributed by atoms with van der Waals surface area (Å²) in [5.74, 6) is -0.653. The van der Waals surface area contributed by atoms with Crippen LogP contribution in [0.15, 0.2) is 12.1 Å². The first-order valence-electron chi connectivity index (χ1n) is 4.48. The average molecular weight is 193 g/mol. The number of carbonyl (C=O) groups is 1. The van der Waals surface area contributed by atoms with Gasteiger partial charge in [0.25, 0.3) is 0 Å². The van der Waals surface area contributed by atoms with Gasteiger partial charge in [-0.2, -0.15) is 0 Å². The molecule has 2 N–H and O–H groups in total. The van der Waals surface area contributed by atoms with Crippen molar-refractivity contribution in [3.05, 3.63) is 23.5 Å². The molecule has 1 fully saturated rings. The van der Waals surface area contributed by atoms with E-state index < -0.39 is 11.2 Å². The van der Waals surface area contributed by atoms with E-state index in [0.717, 1.165) is 6.07 Å². The van der Waals surface area contributed by atoms with Crippen LogP contribution in [0.25, 0.3) is 0 Å². The molecule has 3 rings (SSSR count). The minimum atomic E-state index is -0.623. The lowest BCUT2D eigenvalue weighted by Crippen LogP contribution is -2.18. The van der Waals surface area contributed by atoms with E-state index in [-0.39, 0.29) is 17.3 Å². The van der Waals surface area contributed by atoms with Gasteiger partial charge in [-0.3, -0.25) is 4.79 Å². The van der Waals surface area contributed by atoms with E-state index in [1.165, 1.54) is 6.07 Å². The minimum Gasteiger partial charge on any atom is -0.508 e. The molecule has 1 aliphatic heterocycles. The molecule has 1 amide bonds.